The fourth-order valence-corrected chi connectivity index (χ4v) is 4.96. The van der Waals surface area contributed by atoms with E-state index in [4.69, 9.17) is 16.3 Å². The molecule has 1 saturated carbocycles. The topological polar surface area (TPSA) is 101 Å². The summed E-state index contributed by atoms with van der Waals surface area (Å²) in [5.41, 5.74) is -1.78. The summed E-state index contributed by atoms with van der Waals surface area (Å²) in [5.74, 6) is -2.44. The van der Waals surface area contributed by atoms with Crippen molar-refractivity contribution in [2.24, 2.45) is 5.92 Å². The van der Waals surface area contributed by atoms with Gasteiger partial charge in [-0.05, 0) is 24.8 Å². The number of fused-ring (bicyclic) bond motifs is 2. The normalized spacial score (nSPS) is 21.3. The molecule has 1 fully saturated rings. The summed E-state index contributed by atoms with van der Waals surface area (Å²) >= 11 is 5.77. The molecular weight excluding hydrogens is 521 g/mol. The predicted octanol–water partition coefficient (Wildman–Crippen LogP) is 2.69. The number of nitrogens with zero attached hydrogens (tertiary/aromatic N) is 2. The number of carbonyl (C=O) groups excluding carboxylic acids is 2. The van der Waals surface area contributed by atoms with Crippen molar-refractivity contribution in [1.29, 1.82) is 0 Å². The number of hydrogen-bond acceptors (Lipinski definition) is 5. The number of aromatic nitrogens is 1. The van der Waals surface area contributed by atoms with E-state index in [2.05, 4.69) is 5.32 Å². The van der Waals surface area contributed by atoms with Crippen LogP contribution in [0.25, 0.3) is 0 Å². The Morgan fingerprint density at radius 2 is 2.06 bits per heavy atom. The van der Waals surface area contributed by atoms with E-state index >= 15 is 0 Å². The Labute approximate surface area is 205 Å². The van der Waals surface area contributed by atoms with Gasteiger partial charge < -0.3 is 24.6 Å². The number of nitrogens with one attached hydrogen (secondary N) is 1. The molecule has 1 spiro atoms. The Bertz CT molecular complexity index is 1170. The van der Waals surface area contributed by atoms with E-state index in [1.807, 2.05) is 0 Å². The molecule has 1 aliphatic carbocycles. The van der Waals surface area contributed by atoms with Crippen LogP contribution >= 0.6 is 28.6 Å². The molecule has 1 aliphatic heterocycles. The number of aromatic hydroxyl groups is 1. The Balaban J connectivity index is 0.00000306. The predicted molar refractivity (Wildman–Crippen MR) is 125 cm³/mol. The Hall–Kier alpha value is -2.43. The second-order valence-corrected chi connectivity index (χ2v) is 8.86. The molecule has 11 heteroatoms. The zero-order valence-electron chi connectivity index (χ0n) is 18.1. The number of methoxy groups -OCH3 is 1. The number of halogens is 3. The molecule has 2 aliphatic rings. The zero-order valence-corrected chi connectivity index (χ0v) is 20.5. The lowest BCUT2D eigenvalue weighted by Gasteiger charge is -2.54. The molecule has 0 unspecified atom stereocenters. The van der Waals surface area contributed by atoms with Gasteiger partial charge >= 0.3 is 0 Å². The molecule has 1 aromatic carbocycles. The lowest BCUT2D eigenvalue weighted by molar-refractivity contribution is -0.0190. The van der Waals surface area contributed by atoms with E-state index in [1.165, 1.54) is 23.2 Å². The molecule has 2 heterocycles. The minimum Gasteiger partial charge on any atom is -0.503 e. The summed E-state index contributed by atoms with van der Waals surface area (Å²) in [5, 5.41) is 13.0. The van der Waals surface area contributed by atoms with Gasteiger partial charge in [0.2, 0.25) is 5.43 Å². The Morgan fingerprint density at radius 3 is 2.73 bits per heavy atom. The van der Waals surface area contributed by atoms with Crippen LogP contribution in [-0.4, -0.2) is 53.7 Å². The highest BCUT2D eigenvalue weighted by molar-refractivity contribution is 8.93. The maximum atomic E-state index is 14.1. The van der Waals surface area contributed by atoms with Crippen molar-refractivity contribution < 1.29 is 23.8 Å². The van der Waals surface area contributed by atoms with E-state index in [9.17, 15) is 23.9 Å². The lowest BCUT2D eigenvalue weighted by Crippen LogP contribution is -2.60. The molecule has 0 saturated heterocycles. The van der Waals surface area contributed by atoms with Crippen molar-refractivity contribution in [3.8, 4) is 5.75 Å². The number of benzene rings is 1. The summed E-state index contributed by atoms with van der Waals surface area (Å²) in [6.07, 6.45) is 2.67. The molecule has 0 radical (unpaired) electrons. The average Bonchev–Trinajstić information content (AvgIpc) is 2.73. The van der Waals surface area contributed by atoms with Gasteiger partial charge in [0.15, 0.2) is 11.4 Å². The number of pyridine rings is 1. The van der Waals surface area contributed by atoms with Crippen LogP contribution in [0.15, 0.2) is 29.2 Å². The van der Waals surface area contributed by atoms with Gasteiger partial charge in [-0.1, -0.05) is 23.7 Å². The van der Waals surface area contributed by atoms with Crippen LogP contribution in [0.4, 0.5) is 4.39 Å². The number of hydrogen-bond donors (Lipinski definition) is 2. The second-order valence-electron chi connectivity index (χ2n) is 8.45. The van der Waals surface area contributed by atoms with Crippen LogP contribution in [0.5, 0.6) is 5.75 Å². The highest BCUT2D eigenvalue weighted by Crippen LogP contribution is 2.48. The fourth-order valence-electron chi connectivity index (χ4n) is 4.76. The van der Waals surface area contributed by atoms with Crippen molar-refractivity contribution in [1.82, 2.24) is 14.8 Å². The molecule has 2 amide bonds. The van der Waals surface area contributed by atoms with Gasteiger partial charge in [-0.2, -0.15) is 0 Å². The van der Waals surface area contributed by atoms with E-state index < -0.39 is 34.3 Å². The van der Waals surface area contributed by atoms with Crippen LogP contribution < -0.4 is 10.7 Å². The van der Waals surface area contributed by atoms with E-state index in [0.29, 0.717) is 26.0 Å². The molecule has 4 rings (SSSR count). The first-order chi connectivity index (χ1) is 15.2. The maximum absolute atomic E-state index is 14.1. The third-order valence-corrected chi connectivity index (χ3v) is 6.52. The number of rotatable bonds is 5. The zero-order chi connectivity index (χ0) is 23.2. The van der Waals surface area contributed by atoms with Crippen molar-refractivity contribution in [3.05, 3.63) is 62.3 Å². The van der Waals surface area contributed by atoms with Crippen molar-refractivity contribution in [2.45, 2.75) is 24.9 Å². The summed E-state index contributed by atoms with van der Waals surface area (Å²) < 4.78 is 20.9. The molecule has 33 heavy (non-hydrogen) atoms. The van der Waals surface area contributed by atoms with Crippen LogP contribution in [0.2, 0.25) is 5.02 Å². The average molecular weight is 545 g/mol. The third-order valence-electron chi connectivity index (χ3n) is 6.23. The largest absolute Gasteiger partial charge is 0.503 e. The lowest BCUT2D eigenvalue weighted by atomic mass is 9.67. The summed E-state index contributed by atoms with van der Waals surface area (Å²) in [7, 11) is 3.23. The van der Waals surface area contributed by atoms with Crippen LogP contribution in [0, 0.1) is 11.7 Å². The quantitative estimate of drug-likeness (QED) is 0.603. The minimum absolute atomic E-state index is 0. The molecule has 2 aromatic rings. The van der Waals surface area contributed by atoms with Gasteiger partial charge in [-0.25, -0.2) is 4.39 Å². The molecule has 178 valence electrons. The highest BCUT2D eigenvalue weighted by Gasteiger charge is 2.51. The smallest absolute Gasteiger partial charge is 0.274 e. The first-order valence-corrected chi connectivity index (χ1v) is 10.5. The number of carbonyl (C=O) groups is 2. The van der Waals surface area contributed by atoms with Gasteiger partial charge in [-0.15, -0.1) is 17.0 Å². The molecule has 2 N–H and O–H groups in total. The fraction of sp³-hybridized carbons (Fsp3) is 0.409. The number of likely N-dealkylation sites (N-methyl/N-ethyl adjacent to an activating group) is 1. The molecule has 1 aromatic heterocycles. The molecule has 8 nitrogen and oxygen atoms in total. The van der Waals surface area contributed by atoms with E-state index in [0.717, 1.165) is 0 Å². The Morgan fingerprint density at radius 1 is 1.36 bits per heavy atom. The van der Waals surface area contributed by atoms with E-state index in [-0.39, 0.29) is 51.3 Å². The van der Waals surface area contributed by atoms with Crippen LogP contribution in [0.3, 0.4) is 0 Å². The van der Waals surface area contributed by atoms with Gasteiger partial charge in [0.05, 0.1) is 10.6 Å². The minimum atomic E-state index is -0.952. The first-order valence-electron chi connectivity index (χ1n) is 10.1. The van der Waals surface area contributed by atoms with Crippen LogP contribution in [-0.2, 0) is 16.8 Å². The van der Waals surface area contributed by atoms with Gasteiger partial charge in [0.25, 0.3) is 11.8 Å². The third kappa shape index (κ3) is 4.27. The van der Waals surface area contributed by atoms with Crippen molar-refractivity contribution in [3.63, 3.8) is 0 Å². The number of amides is 2. The molecule has 0 bridgehead atoms. The Kier molecular flexibility index (Phi) is 7.21. The second kappa shape index (κ2) is 9.44. The number of ether oxygens (including phenoxy) is 1. The van der Waals surface area contributed by atoms with Crippen molar-refractivity contribution in [2.75, 3.05) is 27.3 Å². The van der Waals surface area contributed by atoms with E-state index in [1.54, 1.807) is 24.8 Å². The highest BCUT2D eigenvalue weighted by atomic mass is 79.9. The van der Waals surface area contributed by atoms with Gasteiger partial charge in [0, 0.05) is 45.6 Å². The van der Waals surface area contributed by atoms with Gasteiger partial charge in [0.1, 0.15) is 11.4 Å². The summed E-state index contributed by atoms with van der Waals surface area (Å²) in [4.78, 5) is 39.7. The monoisotopic (exact) mass is 543 g/mol. The van der Waals surface area contributed by atoms with Crippen molar-refractivity contribution >= 4 is 40.4 Å². The summed E-state index contributed by atoms with van der Waals surface area (Å²) in [6, 6.07) is 4.40. The first kappa shape index (κ1) is 25.2. The SMILES string of the molecule is Br.COC[C@H]1C[C@@]2(CN(C)C(=O)c3c(O)c(=O)c(C(=O)NCc4cccc(Cl)c4F)cn32)C1. The maximum Gasteiger partial charge on any atom is 0.274 e. The summed E-state index contributed by atoms with van der Waals surface area (Å²) in [6.45, 7) is 0.742. The molecule has 0 atom stereocenters. The van der Waals surface area contributed by atoms with Crippen LogP contribution in [0.1, 0.15) is 39.3 Å². The van der Waals surface area contributed by atoms with Gasteiger partial charge in [-0.3, -0.25) is 14.4 Å². The molecular formula is C22H24BrClFN3O5. The standard InChI is InChI=1S/C22H23ClFN3O5.BrH/c1-26-11-22(6-12(7-22)10-32-2)27-9-14(18(28)19(29)17(27)21(26)31)20(30)25-8-13-4-3-5-15(23)16(13)24;/h3-5,9,12,29H,6-8,10-11H2,1-2H3,(H,25,30);1H/t12-,22-;.